The van der Waals surface area contributed by atoms with E-state index >= 15 is 0 Å². The Labute approximate surface area is 141 Å². The summed E-state index contributed by atoms with van der Waals surface area (Å²) >= 11 is 0. The van der Waals surface area contributed by atoms with Gasteiger partial charge in [-0.3, -0.25) is 9.63 Å². The normalized spacial score (nSPS) is 11.2. The first kappa shape index (κ1) is 18.1. The number of carbonyl (C=O) groups excluding carboxylic acids is 1. The maximum Gasteiger partial charge on any atom is 0.275 e. The number of hydroxylamine groups is 1. The first-order chi connectivity index (χ1) is 11.4. The zero-order chi connectivity index (χ0) is 17.6. The molecule has 1 amide bonds. The molecule has 2 rings (SSSR count). The second-order valence-electron chi connectivity index (χ2n) is 5.18. The molecule has 0 saturated carbocycles. The molecule has 2 aromatic rings. The zero-order valence-corrected chi connectivity index (χ0v) is 14.4. The van der Waals surface area contributed by atoms with E-state index < -0.39 is 15.9 Å². The van der Waals surface area contributed by atoms with Crippen LogP contribution in [0.25, 0.3) is 0 Å². The molecule has 0 fully saturated rings. The van der Waals surface area contributed by atoms with Gasteiger partial charge in [-0.25, -0.2) is 18.6 Å². The summed E-state index contributed by atoms with van der Waals surface area (Å²) in [6, 6.07) is 13.8. The third-order valence-corrected chi connectivity index (χ3v) is 4.89. The summed E-state index contributed by atoms with van der Waals surface area (Å²) in [6.45, 7) is 3.92. The Bertz CT molecular complexity index is 805. The molecule has 0 aliphatic carbocycles. The van der Waals surface area contributed by atoms with Gasteiger partial charge in [0.15, 0.2) is 0 Å². The van der Waals surface area contributed by atoms with Crippen molar-refractivity contribution in [2.75, 3.05) is 6.54 Å². The molecule has 24 heavy (non-hydrogen) atoms. The highest BCUT2D eigenvalue weighted by atomic mass is 32.2. The van der Waals surface area contributed by atoms with Crippen molar-refractivity contribution in [3.05, 3.63) is 65.2 Å². The predicted octanol–water partition coefficient (Wildman–Crippen LogP) is 2.15. The maximum absolute atomic E-state index is 12.2. The molecule has 0 bridgehead atoms. The van der Waals surface area contributed by atoms with Gasteiger partial charge in [0.25, 0.3) is 5.91 Å². The summed E-state index contributed by atoms with van der Waals surface area (Å²) in [7, 11) is -3.62. The van der Waals surface area contributed by atoms with Gasteiger partial charge in [0.1, 0.15) is 0 Å². The lowest BCUT2D eigenvalue weighted by Gasteiger charge is -2.10. The van der Waals surface area contributed by atoms with Gasteiger partial charge >= 0.3 is 0 Å². The first-order valence-corrected chi connectivity index (χ1v) is 8.98. The van der Waals surface area contributed by atoms with Crippen LogP contribution in [0, 0.1) is 6.92 Å². The first-order valence-electron chi connectivity index (χ1n) is 7.50. The van der Waals surface area contributed by atoms with Crippen LogP contribution in [-0.2, 0) is 21.5 Å². The van der Waals surface area contributed by atoms with Gasteiger partial charge in [0, 0.05) is 12.1 Å². The van der Waals surface area contributed by atoms with Crippen LogP contribution in [0.4, 0.5) is 0 Å². The second kappa shape index (κ2) is 8.05. The number of hydrogen-bond acceptors (Lipinski definition) is 4. The molecule has 0 radical (unpaired) electrons. The summed E-state index contributed by atoms with van der Waals surface area (Å²) < 4.78 is 26.5. The standard InChI is InChI=1S/C17H20N2O4S/c1-3-18-24(21,22)15-10-9-13(2)16(11-15)17(20)19-23-12-14-7-5-4-6-8-14/h4-11,18H,3,12H2,1-2H3,(H,19,20). The molecule has 0 saturated heterocycles. The second-order valence-corrected chi connectivity index (χ2v) is 6.95. The van der Waals surface area contributed by atoms with Crippen LogP contribution in [0.2, 0.25) is 0 Å². The van der Waals surface area contributed by atoms with Crippen LogP contribution < -0.4 is 10.2 Å². The van der Waals surface area contributed by atoms with E-state index in [9.17, 15) is 13.2 Å². The summed E-state index contributed by atoms with van der Waals surface area (Å²) in [6.07, 6.45) is 0. The molecular formula is C17H20N2O4S. The van der Waals surface area contributed by atoms with E-state index in [0.29, 0.717) is 5.56 Å². The fourth-order valence-corrected chi connectivity index (χ4v) is 3.17. The van der Waals surface area contributed by atoms with Crippen LogP contribution in [-0.4, -0.2) is 20.9 Å². The average Bonchev–Trinajstić information content (AvgIpc) is 2.56. The molecule has 0 spiro atoms. The molecule has 128 valence electrons. The topological polar surface area (TPSA) is 84.5 Å². The Balaban J connectivity index is 2.08. The molecular weight excluding hydrogens is 328 g/mol. The Kier molecular flexibility index (Phi) is 6.08. The zero-order valence-electron chi connectivity index (χ0n) is 13.6. The van der Waals surface area contributed by atoms with Crippen LogP contribution in [0.1, 0.15) is 28.4 Å². The average molecular weight is 348 g/mol. The minimum atomic E-state index is -3.62. The lowest BCUT2D eigenvalue weighted by Crippen LogP contribution is -2.26. The van der Waals surface area contributed by atoms with Crippen molar-refractivity contribution in [1.82, 2.24) is 10.2 Å². The van der Waals surface area contributed by atoms with Crippen molar-refractivity contribution in [3.63, 3.8) is 0 Å². The number of nitrogens with one attached hydrogen (secondary N) is 2. The molecule has 2 aromatic carbocycles. The number of hydrogen-bond donors (Lipinski definition) is 2. The quantitative estimate of drug-likeness (QED) is 0.751. The van der Waals surface area contributed by atoms with E-state index in [4.69, 9.17) is 4.84 Å². The highest BCUT2D eigenvalue weighted by Gasteiger charge is 2.17. The minimum Gasteiger partial charge on any atom is -0.269 e. The summed E-state index contributed by atoms with van der Waals surface area (Å²) in [4.78, 5) is 17.5. The van der Waals surface area contributed by atoms with Crippen LogP contribution in [0.15, 0.2) is 53.4 Å². The van der Waals surface area contributed by atoms with Gasteiger partial charge in [0.2, 0.25) is 10.0 Å². The van der Waals surface area contributed by atoms with Crippen molar-refractivity contribution in [2.24, 2.45) is 0 Å². The molecule has 0 aliphatic rings. The molecule has 7 heteroatoms. The summed E-state index contributed by atoms with van der Waals surface area (Å²) in [5.41, 5.74) is 4.17. The monoisotopic (exact) mass is 348 g/mol. The third kappa shape index (κ3) is 4.64. The lowest BCUT2D eigenvalue weighted by molar-refractivity contribution is 0.0233. The van der Waals surface area contributed by atoms with Gasteiger partial charge in [0.05, 0.1) is 11.5 Å². The van der Waals surface area contributed by atoms with Crippen molar-refractivity contribution < 1.29 is 18.0 Å². The number of carbonyl (C=O) groups is 1. The third-order valence-electron chi connectivity index (χ3n) is 3.34. The number of benzene rings is 2. The minimum absolute atomic E-state index is 0.0446. The highest BCUT2D eigenvalue weighted by Crippen LogP contribution is 2.15. The van der Waals surface area contributed by atoms with Gasteiger partial charge < -0.3 is 0 Å². The van der Waals surface area contributed by atoms with Gasteiger partial charge in [-0.05, 0) is 30.2 Å². The summed E-state index contributed by atoms with van der Waals surface area (Å²) in [5, 5.41) is 0. The highest BCUT2D eigenvalue weighted by molar-refractivity contribution is 7.89. The maximum atomic E-state index is 12.2. The lowest BCUT2D eigenvalue weighted by atomic mass is 10.1. The van der Waals surface area contributed by atoms with Gasteiger partial charge in [-0.2, -0.15) is 0 Å². The van der Waals surface area contributed by atoms with Crippen molar-refractivity contribution in [3.8, 4) is 0 Å². The van der Waals surface area contributed by atoms with Crippen molar-refractivity contribution in [2.45, 2.75) is 25.3 Å². The number of amides is 1. The van der Waals surface area contributed by atoms with E-state index in [2.05, 4.69) is 10.2 Å². The Hall–Kier alpha value is -2.22. The molecule has 0 heterocycles. The molecule has 6 nitrogen and oxygen atoms in total. The largest absolute Gasteiger partial charge is 0.275 e. The fourth-order valence-electron chi connectivity index (χ4n) is 2.10. The van der Waals surface area contributed by atoms with Crippen LogP contribution in [0.3, 0.4) is 0 Å². The van der Waals surface area contributed by atoms with E-state index in [1.807, 2.05) is 30.3 Å². The molecule has 0 unspecified atom stereocenters. The van der Waals surface area contributed by atoms with Gasteiger partial charge in [-0.15, -0.1) is 0 Å². The van der Waals surface area contributed by atoms with Crippen molar-refractivity contribution in [1.29, 1.82) is 0 Å². The number of rotatable bonds is 7. The van der Waals surface area contributed by atoms with Crippen LogP contribution >= 0.6 is 0 Å². The Morgan fingerprint density at radius 3 is 2.50 bits per heavy atom. The smallest absolute Gasteiger partial charge is 0.269 e. The molecule has 2 N–H and O–H groups in total. The van der Waals surface area contributed by atoms with Gasteiger partial charge in [-0.1, -0.05) is 43.3 Å². The Morgan fingerprint density at radius 1 is 1.12 bits per heavy atom. The van der Waals surface area contributed by atoms with Crippen LogP contribution in [0.5, 0.6) is 0 Å². The van der Waals surface area contributed by atoms with E-state index in [1.54, 1.807) is 19.9 Å². The number of aryl methyl sites for hydroxylation is 1. The molecule has 0 atom stereocenters. The van der Waals surface area contributed by atoms with Crippen molar-refractivity contribution >= 4 is 15.9 Å². The van der Waals surface area contributed by atoms with E-state index in [-0.39, 0.29) is 23.6 Å². The fraction of sp³-hybridized carbons (Fsp3) is 0.235. The van der Waals surface area contributed by atoms with E-state index in [1.165, 1.54) is 12.1 Å². The predicted molar refractivity (Wildman–Crippen MR) is 90.7 cm³/mol. The molecule has 0 aliphatic heterocycles. The van der Waals surface area contributed by atoms with E-state index in [0.717, 1.165) is 5.56 Å². The number of sulfonamides is 1. The summed E-state index contributed by atoms with van der Waals surface area (Å²) in [5.74, 6) is -0.489. The Morgan fingerprint density at radius 2 is 1.83 bits per heavy atom. The SMILES string of the molecule is CCNS(=O)(=O)c1ccc(C)c(C(=O)NOCc2ccccc2)c1. The molecule has 0 aromatic heterocycles.